The second-order valence-corrected chi connectivity index (χ2v) is 5.74. The summed E-state index contributed by atoms with van der Waals surface area (Å²) in [5, 5.41) is 0. The molecule has 0 aliphatic carbocycles. The molecule has 0 aliphatic rings. The van der Waals surface area contributed by atoms with Crippen molar-refractivity contribution in [2.75, 3.05) is 0 Å². The van der Waals surface area contributed by atoms with E-state index in [1.54, 1.807) is 0 Å². The molecule has 1 rings (SSSR count). The molecule has 0 bridgehead atoms. The lowest BCUT2D eigenvalue weighted by Gasteiger charge is -2.25. The summed E-state index contributed by atoms with van der Waals surface area (Å²) in [4.78, 5) is 8.92. The molecule has 0 radical (unpaired) electrons. The van der Waals surface area contributed by atoms with Crippen LogP contribution in [-0.2, 0) is 6.42 Å². The maximum atomic E-state index is 4.39. The van der Waals surface area contributed by atoms with Gasteiger partial charge in [-0.3, -0.25) is 0 Å². The summed E-state index contributed by atoms with van der Waals surface area (Å²) >= 11 is 3.70. The van der Waals surface area contributed by atoms with E-state index in [1.165, 1.54) is 0 Å². The molecule has 0 saturated heterocycles. The SMILES string of the molecule is Cc1nccc(CC(Br)C(C)(C)C)n1. The largest absolute Gasteiger partial charge is 0.242 e. The van der Waals surface area contributed by atoms with Gasteiger partial charge in [-0.25, -0.2) is 9.97 Å². The van der Waals surface area contributed by atoms with Crippen LogP contribution in [0.3, 0.4) is 0 Å². The van der Waals surface area contributed by atoms with E-state index in [9.17, 15) is 0 Å². The van der Waals surface area contributed by atoms with Gasteiger partial charge in [0.15, 0.2) is 0 Å². The Balaban J connectivity index is 2.70. The van der Waals surface area contributed by atoms with Gasteiger partial charge in [-0.15, -0.1) is 0 Å². The Labute approximate surface area is 94.3 Å². The average Bonchev–Trinajstić information content (AvgIpc) is 2.02. The summed E-state index contributed by atoms with van der Waals surface area (Å²) in [6, 6.07) is 1.98. The average molecular weight is 257 g/mol. The third kappa shape index (κ3) is 3.37. The van der Waals surface area contributed by atoms with Crippen LogP contribution < -0.4 is 0 Å². The number of alkyl halides is 1. The molecule has 1 unspecified atom stereocenters. The van der Waals surface area contributed by atoms with Crippen molar-refractivity contribution in [3.05, 3.63) is 23.8 Å². The lowest BCUT2D eigenvalue weighted by molar-refractivity contribution is 0.396. The van der Waals surface area contributed by atoms with Gasteiger partial charge < -0.3 is 0 Å². The van der Waals surface area contributed by atoms with Crippen molar-refractivity contribution < 1.29 is 0 Å². The zero-order chi connectivity index (χ0) is 10.8. The molecule has 1 atom stereocenters. The molecule has 0 fully saturated rings. The van der Waals surface area contributed by atoms with Gasteiger partial charge >= 0.3 is 0 Å². The highest BCUT2D eigenvalue weighted by Crippen LogP contribution is 2.28. The molecular formula is C11H17BrN2. The monoisotopic (exact) mass is 256 g/mol. The zero-order valence-electron chi connectivity index (χ0n) is 9.21. The predicted molar refractivity (Wildman–Crippen MR) is 62.6 cm³/mol. The Hall–Kier alpha value is -0.440. The number of aromatic nitrogens is 2. The standard InChI is InChI=1S/C11H17BrN2/c1-8-13-6-5-9(14-8)7-10(12)11(2,3)4/h5-6,10H,7H2,1-4H3. The summed E-state index contributed by atoms with van der Waals surface area (Å²) in [5.74, 6) is 0.844. The third-order valence-electron chi connectivity index (χ3n) is 2.16. The fourth-order valence-electron chi connectivity index (χ4n) is 1.11. The van der Waals surface area contributed by atoms with Gasteiger partial charge in [0.25, 0.3) is 0 Å². The molecule has 14 heavy (non-hydrogen) atoms. The minimum Gasteiger partial charge on any atom is -0.242 e. The van der Waals surface area contributed by atoms with E-state index in [0.717, 1.165) is 17.9 Å². The second kappa shape index (κ2) is 4.39. The highest BCUT2D eigenvalue weighted by Gasteiger charge is 2.22. The number of halogens is 1. The fraction of sp³-hybridized carbons (Fsp3) is 0.636. The number of rotatable bonds is 2. The summed E-state index contributed by atoms with van der Waals surface area (Å²) in [7, 11) is 0. The maximum absolute atomic E-state index is 4.39. The molecule has 0 spiro atoms. The number of hydrogen-bond acceptors (Lipinski definition) is 2. The van der Waals surface area contributed by atoms with Gasteiger partial charge in [0.1, 0.15) is 5.82 Å². The Morgan fingerprint density at radius 1 is 1.43 bits per heavy atom. The van der Waals surface area contributed by atoms with Crippen LogP contribution in [0, 0.1) is 12.3 Å². The van der Waals surface area contributed by atoms with Crippen molar-refractivity contribution in [2.45, 2.75) is 38.9 Å². The minimum absolute atomic E-state index is 0.263. The Morgan fingerprint density at radius 3 is 2.57 bits per heavy atom. The normalized spacial score (nSPS) is 14.1. The van der Waals surface area contributed by atoms with Gasteiger partial charge in [0, 0.05) is 23.1 Å². The van der Waals surface area contributed by atoms with Crippen LogP contribution >= 0.6 is 15.9 Å². The van der Waals surface area contributed by atoms with Crippen LogP contribution in [0.25, 0.3) is 0 Å². The van der Waals surface area contributed by atoms with Crippen LogP contribution in [0.5, 0.6) is 0 Å². The summed E-state index contributed by atoms with van der Waals surface area (Å²) in [6.45, 7) is 8.59. The first kappa shape index (κ1) is 11.6. The van der Waals surface area contributed by atoms with Crippen molar-refractivity contribution in [3.63, 3.8) is 0 Å². The molecule has 1 heterocycles. The van der Waals surface area contributed by atoms with E-state index in [2.05, 4.69) is 46.7 Å². The highest BCUT2D eigenvalue weighted by molar-refractivity contribution is 9.09. The topological polar surface area (TPSA) is 25.8 Å². The fourth-order valence-corrected chi connectivity index (χ4v) is 1.44. The van der Waals surface area contributed by atoms with E-state index >= 15 is 0 Å². The van der Waals surface area contributed by atoms with Crippen LogP contribution in [0.4, 0.5) is 0 Å². The van der Waals surface area contributed by atoms with E-state index in [-0.39, 0.29) is 5.41 Å². The Bertz CT molecular complexity index is 304. The van der Waals surface area contributed by atoms with Crippen LogP contribution in [-0.4, -0.2) is 14.8 Å². The quantitative estimate of drug-likeness (QED) is 0.760. The molecule has 3 heteroatoms. The van der Waals surface area contributed by atoms with E-state index in [1.807, 2.05) is 19.2 Å². The van der Waals surface area contributed by atoms with Gasteiger partial charge in [-0.05, 0) is 18.4 Å². The smallest absolute Gasteiger partial charge is 0.125 e. The third-order valence-corrected chi connectivity index (χ3v) is 3.86. The van der Waals surface area contributed by atoms with Crippen molar-refractivity contribution in [1.29, 1.82) is 0 Å². The van der Waals surface area contributed by atoms with Gasteiger partial charge in [-0.2, -0.15) is 0 Å². The van der Waals surface area contributed by atoms with Crippen molar-refractivity contribution in [3.8, 4) is 0 Å². The summed E-state index contributed by atoms with van der Waals surface area (Å²) in [5.41, 5.74) is 1.37. The molecular weight excluding hydrogens is 240 g/mol. The van der Waals surface area contributed by atoms with Gasteiger partial charge in [-0.1, -0.05) is 36.7 Å². The number of nitrogens with zero attached hydrogens (tertiary/aromatic N) is 2. The molecule has 1 aromatic rings. The highest BCUT2D eigenvalue weighted by atomic mass is 79.9. The van der Waals surface area contributed by atoms with Gasteiger partial charge in [0.05, 0.1) is 0 Å². The molecule has 0 amide bonds. The first-order valence-electron chi connectivity index (χ1n) is 4.82. The maximum Gasteiger partial charge on any atom is 0.125 e. The molecule has 1 aromatic heterocycles. The van der Waals surface area contributed by atoms with E-state index < -0.39 is 0 Å². The van der Waals surface area contributed by atoms with Crippen molar-refractivity contribution in [2.24, 2.45) is 5.41 Å². The molecule has 78 valence electrons. The van der Waals surface area contributed by atoms with Crippen molar-refractivity contribution >= 4 is 15.9 Å². The van der Waals surface area contributed by atoms with Crippen LogP contribution in [0.1, 0.15) is 32.3 Å². The predicted octanol–water partition coefficient (Wildman–Crippen LogP) is 3.14. The molecule has 0 saturated carbocycles. The van der Waals surface area contributed by atoms with Crippen molar-refractivity contribution in [1.82, 2.24) is 9.97 Å². The Morgan fingerprint density at radius 2 is 2.07 bits per heavy atom. The first-order chi connectivity index (χ1) is 6.39. The number of hydrogen-bond donors (Lipinski definition) is 0. The zero-order valence-corrected chi connectivity index (χ0v) is 10.8. The second-order valence-electron chi connectivity index (χ2n) is 4.63. The van der Waals surface area contributed by atoms with Crippen LogP contribution in [0.2, 0.25) is 0 Å². The molecule has 0 aliphatic heterocycles. The van der Waals surface area contributed by atoms with E-state index in [0.29, 0.717) is 4.83 Å². The Kier molecular flexibility index (Phi) is 3.65. The minimum atomic E-state index is 0.263. The lowest BCUT2D eigenvalue weighted by atomic mass is 9.89. The summed E-state index contributed by atoms with van der Waals surface area (Å²) < 4.78 is 0. The summed E-state index contributed by atoms with van der Waals surface area (Å²) in [6.07, 6.45) is 2.77. The lowest BCUT2D eigenvalue weighted by Crippen LogP contribution is -2.22. The number of aryl methyl sites for hydroxylation is 1. The molecule has 2 nitrogen and oxygen atoms in total. The molecule has 0 N–H and O–H groups in total. The van der Waals surface area contributed by atoms with Crippen LogP contribution in [0.15, 0.2) is 12.3 Å². The van der Waals surface area contributed by atoms with E-state index in [4.69, 9.17) is 0 Å². The molecule has 0 aromatic carbocycles. The first-order valence-corrected chi connectivity index (χ1v) is 5.74. The van der Waals surface area contributed by atoms with Gasteiger partial charge in [0.2, 0.25) is 0 Å².